The molecule has 1 aromatic rings. The molecule has 0 saturated heterocycles. The molecule has 0 fully saturated rings. The van der Waals surface area contributed by atoms with E-state index >= 15 is 0 Å². The highest BCUT2D eigenvalue weighted by Gasteiger charge is 2.12. The van der Waals surface area contributed by atoms with Gasteiger partial charge in [0, 0.05) is 3.57 Å². The number of hydrogen-bond donors (Lipinski definition) is 1. The molecule has 0 bridgehead atoms. The van der Waals surface area contributed by atoms with Crippen LogP contribution in [0, 0.1) is 22.8 Å². The zero-order valence-corrected chi connectivity index (χ0v) is 10.8. The predicted molar refractivity (Wildman–Crippen MR) is 69.7 cm³/mol. The minimum atomic E-state index is -0.242. The van der Waals surface area contributed by atoms with E-state index in [9.17, 15) is 4.79 Å². The SMILES string of the molecule is C#CC(C)NC(=O)c1cccc(C)c1I. The highest BCUT2D eigenvalue weighted by atomic mass is 127. The van der Waals surface area contributed by atoms with Gasteiger partial charge >= 0.3 is 0 Å². The maximum atomic E-state index is 11.8. The van der Waals surface area contributed by atoms with E-state index in [-0.39, 0.29) is 11.9 Å². The van der Waals surface area contributed by atoms with E-state index in [0.29, 0.717) is 5.56 Å². The minimum Gasteiger partial charge on any atom is -0.339 e. The van der Waals surface area contributed by atoms with Crippen LogP contribution in [0.15, 0.2) is 18.2 Å². The molecule has 0 spiro atoms. The highest BCUT2D eigenvalue weighted by Crippen LogP contribution is 2.16. The van der Waals surface area contributed by atoms with E-state index in [0.717, 1.165) is 9.13 Å². The van der Waals surface area contributed by atoms with Gasteiger partial charge in [-0.1, -0.05) is 18.1 Å². The molecular formula is C12H12INO. The highest BCUT2D eigenvalue weighted by molar-refractivity contribution is 14.1. The summed E-state index contributed by atoms with van der Waals surface area (Å²) in [6, 6.07) is 5.40. The molecule has 0 aromatic heterocycles. The van der Waals surface area contributed by atoms with Gasteiger partial charge in [-0.2, -0.15) is 0 Å². The Bertz CT molecular complexity index is 420. The van der Waals surface area contributed by atoms with Crippen molar-refractivity contribution in [3.05, 3.63) is 32.9 Å². The summed E-state index contributed by atoms with van der Waals surface area (Å²) < 4.78 is 0.969. The third kappa shape index (κ3) is 2.96. The number of benzene rings is 1. The number of rotatable bonds is 2. The Kier molecular flexibility index (Phi) is 4.15. The van der Waals surface area contributed by atoms with Crippen molar-refractivity contribution in [1.82, 2.24) is 5.32 Å². The topological polar surface area (TPSA) is 29.1 Å². The Morgan fingerprint density at radius 1 is 1.60 bits per heavy atom. The van der Waals surface area contributed by atoms with Gasteiger partial charge in [-0.05, 0) is 48.1 Å². The molecule has 1 atom stereocenters. The van der Waals surface area contributed by atoms with Crippen LogP contribution < -0.4 is 5.32 Å². The Balaban J connectivity index is 2.93. The average molecular weight is 313 g/mol. The second kappa shape index (κ2) is 5.17. The summed E-state index contributed by atoms with van der Waals surface area (Å²) in [5.41, 5.74) is 1.77. The number of terminal acetylenes is 1. The molecule has 0 aliphatic carbocycles. The summed E-state index contributed by atoms with van der Waals surface area (Å²) in [4.78, 5) is 11.8. The van der Waals surface area contributed by atoms with Crippen molar-refractivity contribution in [2.75, 3.05) is 0 Å². The van der Waals surface area contributed by atoms with Gasteiger partial charge in [0.15, 0.2) is 0 Å². The monoisotopic (exact) mass is 313 g/mol. The molecule has 1 aromatic carbocycles. The van der Waals surface area contributed by atoms with Gasteiger partial charge in [-0.25, -0.2) is 0 Å². The third-order valence-electron chi connectivity index (χ3n) is 2.03. The molecule has 2 nitrogen and oxygen atoms in total. The number of carbonyl (C=O) groups excluding carboxylic acids is 1. The molecule has 78 valence electrons. The molecule has 1 N–H and O–H groups in total. The molecule has 3 heteroatoms. The van der Waals surface area contributed by atoms with Gasteiger partial charge in [-0.3, -0.25) is 4.79 Å². The maximum absolute atomic E-state index is 11.8. The molecule has 1 amide bonds. The smallest absolute Gasteiger partial charge is 0.253 e. The lowest BCUT2D eigenvalue weighted by Crippen LogP contribution is -2.31. The first kappa shape index (κ1) is 12.1. The first-order valence-electron chi connectivity index (χ1n) is 4.58. The normalized spacial score (nSPS) is 11.6. The number of amides is 1. The zero-order valence-electron chi connectivity index (χ0n) is 8.67. The van der Waals surface area contributed by atoms with Gasteiger partial charge in [0.2, 0.25) is 0 Å². The maximum Gasteiger partial charge on any atom is 0.253 e. The van der Waals surface area contributed by atoms with Crippen LogP contribution in [0.4, 0.5) is 0 Å². The van der Waals surface area contributed by atoms with Gasteiger partial charge < -0.3 is 5.32 Å². The van der Waals surface area contributed by atoms with E-state index in [4.69, 9.17) is 6.42 Å². The largest absolute Gasteiger partial charge is 0.339 e. The lowest BCUT2D eigenvalue weighted by molar-refractivity contribution is 0.0947. The van der Waals surface area contributed by atoms with Crippen LogP contribution >= 0.6 is 22.6 Å². The van der Waals surface area contributed by atoms with Crippen LogP contribution in [0.5, 0.6) is 0 Å². The molecule has 1 unspecified atom stereocenters. The molecule has 0 saturated carbocycles. The standard InChI is InChI=1S/C12H12INO/c1-4-9(3)14-12(15)10-7-5-6-8(2)11(10)13/h1,5-7,9H,2-3H3,(H,14,15). The van der Waals surface area contributed by atoms with Gasteiger partial charge in [0.05, 0.1) is 11.6 Å². The summed E-state index contributed by atoms with van der Waals surface area (Å²) in [6.07, 6.45) is 5.20. The summed E-state index contributed by atoms with van der Waals surface area (Å²) in [5.74, 6) is 2.35. The van der Waals surface area contributed by atoms with Crippen molar-refractivity contribution in [3.8, 4) is 12.3 Å². The van der Waals surface area contributed by atoms with E-state index in [2.05, 4.69) is 33.8 Å². The average Bonchev–Trinajstić information content (AvgIpc) is 2.21. The summed E-state index contributed by atoms with van der Waals surface area (Å²) in [5, 5.41) is 2.73. The number of halogens is 1. The second-order valence-electron chi connectivity index (χ2n) is 3.30. The number of carbonyl (C=O) groups is 1. The van der Waals surface area contributed by atoms with Crippen molar-refractivity contribution in [1.29, 1.82) is 0 Å². The van der Waals surface area contributed by atoms with Crippen molar-refractivity contribution in [2.24, 2.45) is 0 Å². The van der Waals surface area contributed by atoms with Crippen LogP contribution in [0.25, 0.3) is 0 Å². The molecule has 0 heterocycles. The van der Waals surface area contributed by atoms with Gasteiger partial charge in [-0.15, -0.1) is 6.42 Å². The Morgan fingerprint density at radius 2 is 2.27 bits per heavy atom. The van der Waals surface area contributed by atoms with Crippen LogP contribution in [0.1, 0.15) is 22.8 Å². The molecule has 0 aliphatic heterocycles. The first-order chi connectivity index (χ1) is 7.06. The van der Waals surface area contributed by atoms with Gasteiger partial charge in [0.25, 0.3) is 5.91 Å². The summed E-state index contributed by atoms with van der Waals surface area (Å²) >= 11 is 2.17. The number of hydrogen-bond acceptors (Lipinski definition) is 1. The quantitative estimate of drug-likeness (QED) is 0.659. The fourth-order valence-corrected chi connectivity index (χ4v) is 1.74. The fraction of sp³-hybridized carbons (Fsp3) is 0.250. The summed E-state index contributed by atoms with van der Waals surface area (Å²) in [7, 11) is 0. The third-order valence-corrected chi connectivity index (χ3v) is 3.47. The zero-order chi connectivity index (χ0) is 11.4. The Hall–Kier alpha value is -1.02. The number of aryl methyl sites for hydroxylation is 1. The molecule has 0 radical (unpaired) electrons. The van der Waals surface area contributed by atoms with Gasteiger partial charge in [0.1, 0.15) is 0 Å². The van der Waals surface area contributed by atoms with Crippen LogP contribution in [0.2, 0.25) is 0 Å². The lowest BCUT2D eigenvalue weighted by atomic mass is 10.1. The second-order valence-corrected chi connectivity index (χ2v) is 4.38. The van der Waals surface area contributed by atoms with E-state index in [1.807, 2.05) is 19.1 Å². The van der Waals surface area contributed by atoms with Crippen molar-refractivity contribution in [3.63, 3.8) is 0 Å². The lowest BCUT2D eigenvalue weighted by Gasteiger charge is -2.10. The van der Waals surface area contributed by atoms with Crippen LogP contribution in [-0.2, 0) is 0 Å². The number of nitrogens with one attached hydrogen (secondary N) is 1. The van der Waals surface area contributed by atoms with Crippen molar-refractivity contribution < 1.29 is 4.79 Å². The molecule has 1 rings (SSSR count). The van der Waals surface area contributed by atoms with E-state index in [1.165, 1.54) is 0 Å². The molecule has 15 heavy (non-hydrogen) atoms. The Labute approximate surface area is 104 Å². The molecule has 0 aliphatic rings. The van der Waals surface area contributed by atoms with Crippen LogP contribution in [0.3, 0.4) is 0 Å². The van der Waals surface area contributed by atoms with E-state index < -0.39 is 0 Å². The molecular weight excluding hydrogens is 301 g/mol. The Morgan fingerprint density at radius 3 is 2.87 bits per heavy atom. The summed E-state index contributed by atoms with van der Waals surface area (Å²) in [6.45, 7) is 3.75. The first-order valence-corrected chi connectivity index (χ1v) is 5.66. The van der Waals surface area contributed by atoms with Crippen LogP contribution in [-0.4, -0.2) is 11.9 Å². The fourth-order valence-electron chi connectivity index (χ4n) is 1.14. The van der Waals surface area contributed by atoms with Crippen molar-refractivity contribution >= 4 is 28.5 Å². The predicted octanol–water partition coefficient (Wildman–Crippen LogP) is 2.35. The minimum absolute atomic E-state index is 0.117. The van der Waals surface area contributed by atoms with Crippen molar-refractivity contribution in [2.45, 2.75) is 19.9 Å². The van der Waals surface area contributed by atoms with E-state index in [1.54, 1.807) is 13.0 Å².